The minimum atomic E-state index is -0.321. The quantitative estimate of drug-likeness (QED) is 0.368. The second-order valence-corrected chi connectivity index (χ2v) is 12.6. The predicted octanol–water partition coefficient (Wildman–Crippen LogP) is 5.49. The molecule has 0 spiro atoms. The van der Waals surface area contributed by atoms with Gasteiger partial charge in [-0.2, -0.15) is 0 Å². The molecule has 0 aromatic heterocycles. The maximum atomic E-state index is 13.4. The maximum absolute atomic E-state index is 13.4. The summed E-state index contributed by atoms with van der Waals surface area (Å²) in [4.78, 5) is 39.3. The van der Waals surface area contributed by atoms with E-state index >= 15 is 0 Å². The van der Waals surface area contributed by atoms with Crippen LogP contribution >= 0.6 is 0 Å². The molecule has 6 heteroatoms. The van der Waals surface area contributed by atoms with Crippen LogP contribution in [0.5, 0.6) is 0 Å². The van der Waals surface area contributed by atoms with Crippen LogP contribution in [0.25, 0.3) is 0 Å². The topological polar surface area (TPSA) is 87.3 Å². The van der Waals surface area contributed by atoms with Crippen LogP contribution in [0.1, 0.15) is 124 Å². The lowest BCUT2D eigenvalue weighted by Crippen LogP contribution is -2.46. The summed E-state index contributed by atoms with van der Waals surface area (Å²) in [5.74, 6) is 1.06. The molecule has 0 radical (unpaired) electrons. The summed E-state index contributed by atoms with van der Waals surface area (Å²) in [5, 5.41) is 9.82. The molecule has 3 fully saturated rings. The molecule has 6 nitrogen and oxygen atoms in total. The molecule has 0 aromatic carbocycles. The molecule has 206 valence electrons. The highest BCUT2D eigenvalue weighted by molar-refractivity contribution is 5.83. The standard InChI is InChI=1S/C30H53N3O3/c1-20-11-5-8-14-25(20)31-28(34)18-17-24(30(36)33-27-16-10-7-13-22(27)3)19-23(4)29(35)32-26-15-9-6-12-21(26)2/h20-27H,5-19H2,1-4H3,(H,31,34)(H,32,35)(H,33,36). The number of hydrogen-bond donors (Lipinski definition) is 3. The average molecular weight is 504 g/mol. The smallest absolute Gasteiger partial charge is 0.223 e. The first-order chi connectivity index (χ1) is 17.2. The van der Waals surface area contributed by atoms with Crippen LogP contribution in [-0.2, 0) is 14.4 Å². The molecule has 3 rings (SSSR count). The first-order valence-corrected chi connectivity index (χ1v) is 15.1. The second kappa shape index (κ2) is 14.4. The maximum Gasteiger partial charge on any atom is 0.223 e. The van der Waals surface area contributed by atoms with Crippen molar-refractivity contribution < 1.29 is 14.4 Å². The van der Waals surface area contributed by atoms with Crippen LogP contribution in [0.15, 0.2) is 0 Å². The van der Waals surface area contributed by atoms with E-state index in [0.717, 1.165) is 32.1 Å². The van der Waals surface area contributed by atoms with Gasteiger partial charge in [0.2, 0.25) is 17.7 Å². The van der Waals surface area contributed by atoms with Crippen LogP contribution in [0.3, 0.4) is 0 Å². The Morgan fingerprint density at radius 3 is 1.53 bits per heavy atom. The molecular formula is C30H53N3O3. The Bertz CT molecular complexity index is 726. The fourth-order valence-corrected chi connectivity index (χ4v) is 6.69. The minimum Gasteiger partial charge on any atom is -0.353 e. The Labute approximate surface area is 219 Å². The fourth-order valence-electron chi connectivity index (χ4n) is 6.69. The first-order valence-electron chi connectivity index (χ1n) is 15.1. The number of amides is 3. The zero-order chi connectivity index (χ0) is 26.1. The van der Waals surface area contributed by atoms with E-state index in [2.05, 4.69) is 36.7 Å². The van der Waals surface area contributed by atoms with Crippen molar-refractivity contribution in [2.45, 2.75) is 142 Å². The molecule has 3 aliphatic carbocycles. The van der Waals surface area contributed by atoms with Crippen molar-refractivity contribution in [2.24, 2.45) is 29.6 Å². The summed E-state index contributed by atoms with van der Waals surface area (Å²) in [6, 6.07) is 0.703. The van der Waals surface area contributed by atoms with Gasteiger partial charge in [-0.15, -0.1) is 0 Å². The van der Waals surface area contributed by atoms with Crippen molar-refractivity contribution in [1.29, 1.82) is 0 Å². The van der Waals surface area contributed by atoms with Crippen molar-refractivity contribution >= 4 is 17.7 Å². The zero-order valence-corrected chi connectivity index (χ0v) is 23.5. The number of rotatable bonds is 10. The van der Waals surface area contributed by atoms with Gasteiger partial charge in [0, 0.05) is 36.4 Å². The molecule has 8 atom stereocenters. The van der Waals surface area contributed by atoms with Crippen LogP contribution < -0.4 is 16.0 Å². The van der Waals surface area contributed by atoms with Crippen LogP contribution in [0.4, 0.5) is 0 Å². The van der Waals surface area contributed by atoms with E-state index in [9.17, 15) is 14.4 Å². The predicted molar refractivity (Wildman–Crippen MR) is 145 cm³/mol. The van der Waals surface area contributed by atoms with Gasteiger partial charge in [0.25, 0.3) is 0 Å². The average Bonchev–Trinajstić information content (AvgIpc) is 2.85. The van der Waals surface area contributed by atoms with Crippen LogP contribution in [0.2, 0.25) is 0 Å². The van der Waals surface area contributed by atoms with E-state index in [1.807, 2.05) is 6.92 Å². The largest absolute Gasteiger partial charge is 0.353 e. The molecule has 0 aromatic rings. The third-order valence-electron chi connectivity index (χ3n) is 9.51. The summed E-state index contributed by atoms with van der Waals surface area (Å²) >= 11 is 0. The number of hydrogen-bond acceptors (Lipinski definition) is 3. The minimum absolute atomic E-state index is 0.0262. The summed E-state index contributed by atoms with van der Waals surface area (Å²) in [7, 11) is 0. The summed E-state index contributed by atoms with van der Waals surface area (Å²) < 4.78 is 0. The molecule has 0 bridgehead atoms. The van der Waals surface area contributed by atoms with Crippen molar-refractivity contribution in [3.05, 3.63) is 0 Å². The number of carbonyl (C=O) groups excluding carboxylic acids is 3. The van der Waals surface area contributed by atoms with Crippen molar-refractivity contribution in [3.63, 3.8) is 0 Å². The van der Waals surface area contributed by atoms with Crippen LogP contribution in [-0.4, -0.2) is 35.8 Å². The summed E-state index contributed by atoms with van der Waals surface area (Å²) in [6.45, 7) is 8.61. The van der Waals surface area contributed by atoms with E-state index < -0.39 is 0 Å². The highest BCUT2D eigenvalue weighted by Crippen LogP contribution is 2.28. The molecule has 3 saturated carbocycles. The third kappa shape index (κ3) is 8.76. The molecule has 0 heterocycles. The van der Waals surface area contributed by atoms with E-state index in [-0.39, 0.29) is 47.7 Å². The molecule has 36 heavy (non-hydrogen) atoms. The summed E-state index contributed by atoms with van der Waals surface area (Å²) in [5.41, 5.74) is 0. The van der Waals surface area contributed by atoms with Gasteiger partial charge in [0.15, 0.2) is 0 Å². The molecule has 3 aliphatic rings. The SMILES string of the molecule is CC(CC(CCC(=O)NC1CCCCC1C)C(=O)NC1CCCCC1C)C(=O)NC1CCCCC1C. The van der Waals surface area contributed by atoms with Gasteiger partial charge >= 0.3 is 0 Å². The van der Waals surface area contributed by atoms with E-state index in [1.165, 1.54) is 44.9 Å². The fraction of sp³-hybridized carbons (Fsp3) is 0.900. The van der Waals surface area contributed by atoms with E-state index in [1.54, 1.807) is 0 Å². The Balaban J connectivity index is 1.57. The lowest BCUT2D eigenvalue weighted by atomic mass is 9.84. The molecular weight excluding hydrogens is 450 g/mol. The molecule has 3 amide bonds. The van der Waals surface area contributed by atoms with Gasteiger partial charge in [-0.3, -0.25) is 14.4 Å². The van der Waals surface area contributed by atoms with Gasteiger partial charge in [-0.1, -0.05) is 66.2 Å². The third-order valence-corrected chi connectivity index (χ3v) is 9.51. The summed E-state index contributed by atoms with van der Waals surface area (Å²) in [6.07, 6.45) is 15.1. The van der Waals surface area contributed by atoms with Gasteiger partial charge in [-0.25, -0.2) is 0 Å². The monoisotopic (exact) mass is 503 g/mol. The highest BCUT2D eigenvalue weighted by atomic mass is 16.2. The van der Waals surface area contributed by atoms with Gasteiger partial charge < -0.3 is 16.0 Å². The van der Waals surface area contributed by atoms with E-state index in [0.29, 0.717) is 37.0 Å². The molecule has 0 aliphatic heterocycles. The second-order valence-electron chi connectivity index (χ2n) is 12.6. The number of carbonyl (C=O) groups is 3. The first kappa shape index (κ1) is 29.0. The van der Waals surface area contributed by atoms with Crippen molar-refractivity contribution in [1.82, 2.24) is 16.0 Å². The zero-order valence-electron chi connectivity index (χ0n) is 23.5. The number of nitrogens with one attached hydrogen (secondary N) is 3. The highest BCUT2D eigenvalue weighted by Gasteiger charge is 2.31. The Hall–Kier alpha value is -1.59. The normalized spacial score (nSPS) is 32.7. The molecule has 0 saturated heterocycles. The molecule has 8 unspecified atom stereocenters. The van der Waals surface area contributed by atoms with Crippen molar-refractivity contribution in [3.8, 4) is 0 Å². The molecule has 3 N–H and O–H groups in total. The Kier molecular flexibility index (Phi) is 11.6. The van der Waals surface area contributed by atoms with Gasteiger partial charge in [0.1, 0.15) is 0 Å². The lowest BCUT2D eigenvalue weighted by Gasteiger charge is -2.32. The van der Waals surface area contributed by atoms with Gasteiger partial charge in [0.05, 0.1) is 0 Å². The van der Waals surface area contributed by atoms with Gasteiger partial charge in [-0.05, 0) is 69.1 Å². The Morgan fingerprint density at radius 2 is 1.06 bits per heavy atom. The Morgan fingerprint density at radius 1 is 0.639 bits per heavy atom. The van der Waals surface area contributed by atoms with Crippen LogP contribution in [0, 0.1) is 29.6 Å². The lowest BCUT2D eigenvalue weighted by molar-refractivity contribution is -0.129. The van der Waals surface area contributed by atoms with E-state index in [4.69, 9.17) is 0 Å². The van der Waals surface area contributed by atoms with Crippen molar-refractivity contribution in [2.75, 3.05) is 0 Å².